The second-order valence-corrected chi connectivity index (χ2v) is 7.57. The van der Waals surface area contributed by atoms with Gasteiger partial charge in [-0.25, -0.2) is 0 Å². The molecule has 0 N–H and O–H groups in total. The van der Waals surface area contributed by atoms with Crippen LogP contribution in [0.5, 0.6) is 0 Å². The highest BCUT2D eigenvalue weighted by atomic mass is 32.1. The standard InChI is InChI=1S/C16H21N5O3S/c1-11-2-4-19(5-3-11)14(23)12-10-13(22)17-15-21(12)18-16(25-15)20-6-8-24-9-7-20/h10-11H,2-9H2,1H3. The average Bonchev–Trinajstić information content (AvgIpc) is 3.05. The van der Waals surface area contributed by atoms with Crippen LogP contribution in [-0.2, 0) is 4.74 Å². The first kappa shape index (κ1) is 16.5. The third-order valence-corrected chi connectivity index (χ3v) is 5.78. The van der Waals surface area contributed by atoms with Crippen molar-refractivity contribution < 1.29 is 9.53 Å². The highest BCUT2D eigenvalue weighted by Gasteiger charge is 2.25. The van der Waals surface area contributed by atoms with E-state index in [1.54, 1.807) is 0 Å². The molecule has 2 aromatic heterocycles. The Labute approximate surface area is 149 Å². The molecule has 0 aromatic carbocycles. The Morgan fingerprint density at radius 2 is 1.96 bits per heavy atom. The maximum atomic E-state index is 12.9. The molecular formula is C16H21N5O3S. The molecule has 2 aliphatic rings. The van der Waals surface area contributed by atoms with Crippen LogP contribution in [0.3, 0.4) is 0 Å². The third-order valence-electron chi connectivity index (χ3n) is 4.82. The minimum absolute atomic E-state index is 0.139. The van der Waals surface area contributed by atoms with Gasteiger partial charge in [0.15, 0.2) is 0 Å². The quantitative estimate of drug-likeness (QED) is 0.787. The van der Waals surface area contributed by atoms with Crippen LogP contribution in [0.2, 0.25) is 0 Å². The van der Waals surface area contributed by atoms with Gasteiger partial charge in [0.2, 0.25) is 10.1 Å². The first-order valence-corrected chi connectivity index (χ1v) is 9.46. The molecule has 1 amide bonds. The molecule has 4 heterocycles. The van der Waals surface area contributed by atoms with Gasteiger partial charge in [0.05, 0.1) is 13.2 Å². The molecule has 0 spiro atoms. The Kier molecular flexibility index (Phi) is 4.43. The van der Waals surface area contributed by atoms with E-state index >= 15 is 0 Å². The molecule has 25 heavy (non-hydrogen) atoms. The van der Waals surface area contributed by atoms with Gasteiger partial charge >= 0.3 is 0 Å². The van der Waals surface area contributed by atoms with Gasteiger partial charge in [-0.2, -0.15) is 9.50 Å². The monoisotopic (exact) mass is 363 g/mol. The maximum absolute atomic E-state index is 12.9. The van der Waals surface area contributed by atoms with Crippen LogP contribution in [0.25, 0.3) is 4.96 Å². The first-order valence-electron chi connectivity index (χ1n) is 8.65. The summed E-state index contributed by atoms with van der Waals surface area (Å²) in [7, 11) is 0. The number of carbonyl (C=O) groups is 1. The Hall–Kier alpha value is -2.00. The van der Waals surface area contributed by atoms with E-state index < -0.39 is 5.56 Å². The summed E-state index contributed by atoms with van der Waals surface area (Å²) in [4.78, 5) is 33.3. The number of morpholine rings is 1. The summed E-state index contributed by atoms with van der Waals surface area (Å²) in [5, 5.41) is 5.33. The molecule has 0 saturated carbocycles. The van der Waals surface area contributed by atoms with Gasteiger partial charge in [-0.15, -0.1) is 5.10 Å². The molecule has 0 unspecified atom stereocenters. The topological polar surface area (TPSA) is 80.0 Å². The molecule has 0 bridgehead atoms. The fourth-order valence-corrected chi connectivity index (χ4v) is 4.17. The summed E-state index contributed by atoms with van der Waals surface area (Å²) in [6, 6.07) is 1.30. The number of nitrogens with zero attached hydrogens (tertiary/aromatic N) is 5. The molecule has 2 saturated heterocycles. The normalized spacial score (nSPS) is 19.6. The van der Waals surface area contributed by atoms with Crippen LogP contribution in [0.15, 0.2) is 10.9 Å². The SMILES string of the molecule is CC1CCN(C(=O)c2cc(=O)nc3sc(N4CCOCC4)nn23)CC1. The summed E-state index contributed by atoms with van der Waals surface area (Å²) in [6.45, 7) is 6.44. The number of piperidine rings is 1. The van der Waals surface area contributed by atoms with Gasteiger partial charge in [-0.3, -0.25) is 9.59 Å². The number of ether oxygens (including phenoxy) is 1. The number of fused-ring (bicyclic) bond motifs is 1. The number of likely N-dealkylation sites (tertiary alicyclic amines) is 1. The number of aromatic nitrogens is 3. The van der Waals surface area contributed by atoms with Crippen molar-refractivity contribution in [2.24, 2.45) is 5.92 Å². The lowest BCUT2D eigenvalue weighted by Crippen LogP contribution is -2.39. The Bertz CT molecular complexity index is 834. The van der Waals surface area contributed by atoms with E-state index in [1.807, 2.05) is 4.90 Å². The molecule has 0 aliphatic carbocycles. The number of hydrogen-bond acceptors (Lipinski definition) is 7. The van der Waals surface area contributed by atoms with Crippen molar-refractivity contribution in [2.75, 3.05) is 44.3 Å². The highest BCUT2D eigenvalue weighted by molar-refractivity contribution is 7.20. The second-order valence-electron chi connectivity index (χ2n) is 6.63. The summed E-state index contributed by atoms with van der Waals surface area (Å²) in [6.07, 6.45) is 1.98. The molecule has 4 rings (SSSR count). The number of anilines is 1. The fraction of sp³-hybridized carbons (Fsp3) is 0.625. The van der Waals surface area contributed by atoms with Crippen molar-refractivity contribution in [1.29, 1.82) is 0 Å². The van der Waals surface area contributed by atoms with Crippen molar-refractivity contribution in [3.05, 3.63) is 22.1 Å². The predicted molar refractivity (Wildman–Crippen MR) is 94.5 cm³/mol. The smallest absolute Gasteiger partial charge is 0.274 e. The van der Waals surface area contributed by atoms with E-state index in [0.29, 0.717) is 29.8 Å². The summed E-state index contributed by atoms with van der Waals surface area (Å²) < 4.78 is 6.89. The van der Waals surface area contributed by atoms with Crippen LogP contribution in [-0.4, -0.2) is 64.8 Å². The van der Waals surface area contributed by atoms with E-state index in [-0.39, 0.29) is 5.91 Å². The Balaban J connectivity index is 1.69. The lowest BCUT2D eigenvalue weighted by molar-refractivity contribution is 0.0688. The average molecular weight is 363 g/mol. The molecule has 134 valence electrons. The summed E-state index contributed by atoms with van der Waals surface area (Å²) >= 11 is 1.34. The molecule has 9 heteroatoms. The van der Waals surface area contributed by atoms with Crippen LogP contribution in [0, 0.1) is 5.92 Å². The molecule has 0 atom stereocenters. The maximum Gasteiger partial charge on any atom is 0.274 e. The van der Waals surface area contributed by atoms with Gasteiger partial charge < -0.3 is 14.5 Å². The molecule has 0 radical (unpaired) electrons. The fourth-order valence-electron chi connectivity index (χ4n) is 3.21. The predicted octanol–water partition coefficient (Wildman–Crippen LogP) is 0.860. The lowest BCUT2D eigenvalue weighted by atomic mass is 9.99. The van der Waals surface area contributed by atoms with Crippen molar-refractivity contribution in [3.63, 3.8) is 0 Å². The zero-order valence-electron chi connectivity index (χ0n) is 14.2. The first-order chi connectivity index (χ1) is 12.1. The van der Waals surface area contributed by atoms with Crippen molar-refractivity contribution >= 4 is 27.3 Å². The largest absolute Gasteiger partial charge is 0.378 e. The van der Waals surface area contributed by atoms with Gasteiger partial charge in [0.1, 0.15) is 5.69 Å². The van der Waals surface area contributed by atoms with E-state index in [0.717, 1.165) is 44.2 Å². The number of hydrogen-bond donors (Lipinski definition) is 0. The molecule has 2 aromatic rings. The van der Waals surface area contributed by atoms with Crippen LogP contribution >= 0.6 is 11.3 Å². The molecule has 2 aliphatic heterocycles. The van der Waals surface area contributed by atoms with Gasteiger partial charge in [-0.1, -0.05) is 18.3 Å². The van der Waals surface area contributed by atoms with Gasteiger partial charge in [0.25, 0.3) is 11.5 Å². The van der Waals surface area contributed by atoms with E-state index in [2.05, 4.69) is 21.9 Å². The third kappa shape index (κ3) is 3.25. The van der Waals surface area contributed by atoms with E-state index in [1.165, 1.54) is 21.9 Å². The number of amides is 1. The van der Waals surface area contributed by atoms with Crippen molar-refractivity contribution in [1.82, 2.24) is 19.5 Å². The Morgan fingerprint density at radius 3 is 2.68 bits per heavy atom. The minimum atomic E-state index is -0.397. The van der Waals surface area contributed by atoms with Crippen LogP contribution in [0.4, 0.5) is 5.13 Å². The van der Waals surface area contributed by atoms with Crippen molar-refractivity contribution in [3.8, 4) is 0 Å². The van der Waals surface area contributed by atoms with E-state index in [9.17, 15) is 9.59 Å². The zero-order valence-corrected chi connectivity index (χ0v) is 15.0. The van der Waals surface area contributed by atoms with Gasteiger partial charge in [0, 0.05) is 32.2 Å². The van der Waals surface area contributed by atoms with Gasteiger partial charge in [-0.05, 0) is 18.8 Å². The van der Waals surface area contributed by atoms with Crippen molar-refractivity contribution in [2.45, 2.75) is 19.8 Å². The molecule has 2 fully saturated rings. The van der Waals surface area contributed by atoms with Crippen LogP contribution in [0.1, 0.15) is 30.3 Å². The van der Waals surface area contributed by atoms with Crippen LogP contribution < -0.4 is 10.5 Å². The minimum Gasteiger partial charge on any atom is -0.378 e. The molecular weight excluding hydrogens is 342 g/mol. The molecule has 8 nitrogen and oxygen atoms in total. The summed E-state index contributed by atoms with van der Waals surface area (Å²) in [5.41, 5.74) is -0.0915. The zero-order chi connectivity index (χ0) is 17.4. The highest BCUT2D eigenvalue weighted by Crippen LogP contribution is 2.24. The van der Waals surface area contributed by atoms with E-state index in [4.69, 9.17) is 4.74 Å². The lowest BCUT2D eigenvalue weighted by Gasteiger charge is -2.30. The number of carbonyl (C=O) groups excluding carboxylic acids is 1. The number of rotatable bonds is 2. The Morgan fingerprint density at radius 1 is 1.24 bits per heavy atom. The second kappa shape index (κ2) is 6.72. The summed E-state index contributed by atoms with van der Waals surface area (Å²) in [5.74, 6) is 0.497.